The molecule has 0 radical (unpaired) electrons. The maximum Gasteiger partial charge on any atom is 0.212 e. The van der Waals surface area contributed by atoms with Gasteiger partial charge in [-0.2, -0.15) is 4.68 Å². The van der Waals surface area contributed by atoms with E-state index in [0.717, 1.165) is 32.2 Å². The van der Waals surface area contributed by atoms with Gasteiger partial charge in [-0.1, -0.05) is 0 Å². The highest BCUT2D eigenvalue weighted by Gasteiger charge is 2.30. The van der Waals surface area contributed by atoms with Gasteiger partial charge in [-0.25, -0.2) is 13.4 Å². The molecular formula is C11H15N5O2S2. The van der Waals surface area contributed by atoms with Crippen LogP contribution in [0.25, 0.3) is 5.13 Å². The van der Waals surface area contributed by atoms with Crippen LogP contribution in [0.2, 0.25) is 0 Å². The predicted molar refractivity (Wildman–Crippen MR) is 78.2 cm³/mol. The molecule has 7 nitrogen and oxygen atoms in total. The molecule has 1 saturated heterocycles. The van der Waals surface area contributed by atoms with E-state index in [1.165, 1.54) is 16.0 Å². The molecule has 0 bridgehead atoms. The fraction of sp³-hybridized carbons (Fsp3) is 0.455. The summed E-state index contributed by atoms with van der Waals surface area (Å²) < 4.78 is 25.5. The van der Waals surface area contributed by atoms with Crippen LogP contribution in [0.15, 0.2) is 16.5 Å². The highest BCUT2D eigenvalue weighted by Crippen LogP contribution is 2.33. The van der Waals surface area contributed by atoms with E-state index in [1.54, 1.807) is 11.6 Å². The number of hydrogen-bond acceptors (Lipinski definition) is 7. The Morgan fingerprint density at radius 2 is 2.05 bits per heavy atom. The van der Waals surface area contributed by atoms with Gasteiger partial charge in [0.15, 0.2) is 26.4 Å². The van der Waals surface area contributed by atoms with Crippen LogP contribution in [0.3, 0.4) is 0 Å². The van der Waals surface area contributed by atoms with Gasteiger partial charge in [0.1, 0.15) is 0 Å². The van der Waals surface area contributed by atoms with E-state index in [2.05, 4.69) is 10.1 Å². The summed E-state index contributed by atoms with van der Waals surface area (Å²) in [7, 11) is -3.44. The molecule has 1 fully saturated rings. The number of thiazole rings is 1. The average Bonchev–Trinajstić information content (AvgIpc) is 3.07. The van der Waals surface area contributed by atoms with Gasteiger partial charge in [-0.3, -0.25) is 0 Å². The highest BCUT2D eigenvalue weighted by atomic mass is 32.2. The molecule has 3 heterocycles. The highest BCUT2D eigenvalue weighted by molar-refractivity contribution is 7.91. The molecule has 0 saturated carbocycles. The van der Waals surface area contributed by atoms with Gasteiger partial charge in [0.2, 0.25) is 5.13 Å². The summed E-state index contributed by atoms with van der Waals surface area (Å²) in [5.74, 6) is 0.571. The first-order chi connectivity index (χ1) is 9.48. The Bertz CT molecular complexity index is 714. The van der Waals surface area contributed by atoms with Crippen molar-refractivity contribution in [1.82, 2.24) is 14.8 Å². The van der Waals surface area contributed by atoms with Gasteiger partial charge in [0.05, 0.1) is 0 Å². The normalized spacial score (nSPS) is 15.9. The Balaban J connectivity index is 2.20. The molecule has 0 atom stereocenters. The number of aromatic nitrogens is 3. The third kappa shape index (κ3) is 2.16. The summed E-state index contributed by atoms with van der Waals surface area (Å²) in [5.41, 5.74) is 6.01. The van der Waals surface area contributed by atoms with Crippen LogP contribution in [0.1, 0.15) is 12.8 Å². The largest absolute Gasteiger partial charge is 0.382 e. The minimum absolute atomic E-state index is 0.106. The minimum atomic E-state index is -3.44. The molecule has 108 valence electrons. The molecule has 0 spiro atoms. The van der Waals surface area contributed by atoms with Gasteiger partial charge < -0.3 is 10.6 Å². The maximum absolute atomic E-state index is 12.0. The van der Waals surface area contributed by atoms with Crippen LogP contribution in [0.4, 0.5) is 11.6 Å². The van der Waals surface area contributed by atoms with Crippen molar-refractivity contribution in [3.05, 3.63) is 11.6 Å². The number of anilines is 2. The predicted octanol–water partition coefficient (Wildman–Crippen LogP) is 0.915. The first-order valence-electron chi connectivity index (χ1n) is 6.22. The minimum Gasteiger partial charge on any atom is -0.382 e. The van der Waals surface area contributed by atoms with E-state index in [-0.39, 0.29) is 10.7 Å². The number of nitrogen functional groups attached to an aromatic ring is 1. The van der Waals surface area contributed by atoms with Crippen molar-refractivity contribution in [3.8, 4) is 5.13 Å². The molecule has 0 unspecified atom stereocenters. The van der Waals surface area contributed by atoms with Crippen molar-refractivity contribution in [2.45, 2.75) is 17.7 Å². The number of sulfone groups is 1. The zero-order valence-corrected chi connectivity index (χ0v) is 12.6. The number of nitrogens with two attached hydrogens (primary N) is 1. The summed E-state index contributed by atoms with van der Waals surface area (Å²) >= 11 is 1.36. The van der Waals surface area contributed by atoms with Crippen molar-refractivity contribution in [3.63, 3.8) is 0 Å². The molecule has 2 aromatic rings. The van der Waals surface area contributed by atoms with Crippen LogP contribution in [-0.4, -0.2) is 42.5 Å². The molecule has 0 amide bonds. The fourth-order valence-corrected chi connectivity index (χ4v) is 3.93. The van der Waals surface area contributed by atoms with E-state index in [9.17, 15) is 8.42 Å². The van der Waals surface area contributed by atoms with Crippen LogP contribution in [0, 0.1) is 0 Å². The Morgan fingerprint density at radius 3 is 2.60 bits per heavy atom. The van der Waals surface area contributed by atoms with E-state index in [1.807, 2.05) is 4.90 Å². The van der Waals surface area contributed by atoms with Gasteiger partial charge in [0, 0.05) is 30.9 Å². The lowest BCUT2D eigenvalue weighted by Gasteiger charge is -2.15. The topological polar surface area (TPSA) is 94.1 Å². The van der Waals surface area contributed by atoms with Crippen LogP contribution < -0.4 is 10.6 Å². The summed E-state index contributed by atoms with van der Waals surface area (Å²) in [6.07, 6.45) is 4.86. The Hall–Kier alpha value is -1.61. The molecular weight excluding hydrogens is 298 g/mol. The summed E-state index contributed by atoms with van der Waals surface area (Å²) in [6.45, 7) is 1.60. The monoisotopic (exact) mass is 313 g/mol. The fourth-order valence-electron chi connectivity index (χ4n) is 2.36. The van der Waals surface area contributed by atoms with Gasteiger partial charge in [0.25, 0.3) is 0 Å². The zero-order valence-electron chi connectivity index (χ0n) is 11.0. The van der Waals surface area contributed by atoms with Crippen LogP contribution in [0.5, 0.6) is 0 Å². The third-order valence-corrected chi connectivity index (χ3v) is 5.12. The second-order valence-corrected chi connectivity index (χ2v) is 7.56. The lowest BCUT2D eigenvalue weighted by Crippen LogP contribution is -2.20. The Labute approximate surface area is 120 Å². The van der Waals surface area contributed by atoms with Crippen molar-refractivity contribution in [2.24, 2.45) is 0 Å². The lowest BCUT2D eigenvalue weighted by atomic mass is 10.4. The summed E-state index contributed by atoms with van der Waals surface area (Å²) in [5, 5.41) is 6.75. The molecule has 0 aromatic carbocycles. The third-order valence-electron chi connectivity index (χ3n) is 3.24. The van der Waals surface area contributed by atoms with Gasteiger partial charge >= 0.3 is 0 Å². The maximum atomic E-state index is 12.0. The summed E-state index contributed by atoms with van der Waals surface area (Å²) in [6, 6.07) is 0. The van der Waals surface area contributed by atoms with Gasteiger partial charge in [-0.15, -0.1) is 16.4 Å². The Kier molecular flexibility index (Phi) is 3.17. The van der Waals surface area contributed by atoms with Crippen molar-refractivity contribution < 1.29 is 8.42 Å². The molecule has 1 aliphatic heterocycles. The number of nitrogens with zero attached hydrogens (tertiary/aromatic N) is 4. The van der Waals surface area contributed by atoms with Crippen molar-refractivity contribution >= 4 is 32.8 Å². The first kappa shape index (κ1) is 13.4. The number of rotatable bonds is 3. The van der Waals surface area contributed by atoms with E-state index < -0.39 is 9.84 Å². The quantitative estimate of drug-likeness (QED) is 0.905. The molecule has 2 aromatic heterocycles. The first-order valence-corrected chi connectivity index (χ1v) is 8.99. The van der Waals surface area contributed by atoms with Crippen molar-refractivity contribution in [1.29, 1.82) is 0 Å². The van der Waals surface area contributed by atoms with Crippen LogP contribution in [-0.2, 0) is 9.84 Å². The van der Waals surface area contributed by atoms with Crippen LogP contribution >= 0.6 is 11.3 Å². The van der Waals surface area contributed by atoms with Gasteiger partial charge in [-0.05, 0) is 12.8 Å². The summed E-state index contributed by atoms with van der Waals surface area (Å²) in [4.78, 5) is 6.21. The van der Waals surface area contributed by atoms with E-state index >= 15 is 0 Å². The van der Waals surface area contributed by atoms with Crippen molar-refractivity contribution in [2.75, 3.05) is 30.0 Å². The van der Waals surface area contributed by atoms with E-state index in [4.69, 9.17) is 5.73 Å². The lowest BCUT2D eigenvalue weighted by molar-refractivity contribution is 0.602. The second-order valence-electron chi connectivity index (χ2n) is 4.73. The molecule has 1 aliphatic rings. The van der Waals surface area contributed by atoms with E-state index in [0.29, 0.717) is 10.9 Å². The molecule has 0 aliphatic carbocycles. The molecule has 20 heavy (non-hydrogen) atoms. The zero-order chi connectivity index (χ0) is 14.3. The second kappa shape index (κ2) is 4.74. The average molecular weight is 313 g/mol. The number of hydrogen-bond donors (Lipinski definition) is 1. The molecule has 9 heteroatoms. The standard InChI is InChI=1S/C11H15N5O2S2/c1-20(17,18)8-9(12)16(11-13-4-7-19-11)14-10(8)15-5-2-3-6-15/h4,7H,2-3,5-6,12H2,1H3. The smallest absolute Gasteiger partial charge is 0.212 e. The molecule has 2 N–H and O–H groups in total. The molecule has 3 rings (SSSR count). The SMILES string of the molecule is CS(=O)(=O)c1c(N2CCCC2)nn(-c2nccs2)c1N. The Morgan fingerprint density at radius 1 is 1.35 bits per heavy atom.